The number of hydrogen-bond acceptors (Lipinski definition) is 3. The number of fused-ring (bicyclic) bond motifs is 1. The highest BCUT2D eigenvalue weighted by atomic mass is 16.5. The summed E-state index contributed by atoms with van der Waals surface area (Å²) in [5, 5.41) is 16.3. The molecule has 3 rings (SSSR count). The Balaban J connectivity index is 1.88. The lowest BCUT2D eigenvalue weighted by Crippen LogP contribution is -2.35. The van der Waals surface area contributed by atoms with Gasteiger partial charge in [0.2, 0.25) is 0 Å². The predicted octanol–water partition coefficient (Wildman–Crippen LogP) is 1.30. The van der Waals surface area contributed by atoms with E-state index >= 15 is 0 Å². The van der Waals surface area contributed by atoms with Crippen LogP contribution in [0.2, 0.25) is 0 Å². The first-order valence-electron chi connectivity index (χ1n) is 5.91. The molecular weight excluding hydrogens is 222 g/mol. The first-order chi connectivity index (χ1) is 8.25. The van der Waals surface area contributed by atoms with Crippen molar-refractivity contribution in [3.63, 3.8) is 0 Å². The van der Waals surface area contributed by atoms with Gasteiger partial charge < -0.3 is 14.7 Å². The minimum Gasteiger partial charge on any atom is -0.465 e. The van der Waals surface area contributed by atoms with Gasteiger partial charge >= 0.3 is 6.09 Å². The lowest BCUT2D eigenvalue weighted by molar-refractivity contribution is 0.106. The second kappa shape index (κ2) is 4.03. The van der Waals surface area contributed by atoms with Gasteiger partial charge in [0.05, 0.1) is 12.2 Å². The van der Waals surface area contributed by atoms with Gasteiger partial charge in [-0.2, -0.15) is 5.10 Å². The fraction of sp³-hybridized carbons (Fsp3) is 0.636. The standard InChI is InChI=1S/C11H15N3O3/c15-11(16)14-4-3-8-7(6-14)10(13-12-8)9-2-1-5-17-9/h9H,1-6H2,(H,12,13)(H,15,16). The van der Waals surface area contributed by atoms with E-state index in [1.54, 1.807) is 0 Å². The summed E-state index contributed by atoms with van der Waals surface area (Å²) < 4.78 is 5.61. The van der Waals surface area contributed by atoms with Crippen LogP contribution in [-0.2, 0) is 17.7 Å². The van der Waals surface area contributed by atoms with E-state index < -0.39 is 6.09 Å². The van der Waals surface area contributed by atoms with Crippen LogP contribution in [0.4, 0.5) is 4.79 Å². The highest BCUT2D eigenvalue weighted by molar-refractivity contribution is 5.65. The first-order valence-corrected chi connectivity index (χ1v) is 5.91. The van der Waals surface area contributed by atoms with Crippen LogP contribution in [0.15, 0.2) is 0 Å². The van der Waals surface area contributed by atoms with Crippen molar-refractivity contribution in [1.29, 1.82) is 0 Å². The third-order valence-corrected chi connectivity index (χ3v) is 3.47. The van der Waals surface area contributed by atoms with Crippen molar-refractivity contribution < 1.29 is 14.6 Å². The molecule has 3 heterocycles. The van der Waals surface area contributed by atoms with E-state index in [0.717, 1.165) is 36.4 Å². The van der Waals surface area contributed by atoms with Crippen molar-refractivity contribution in [1.82, 2.24) is 15.1 Å². The monoisotopic (exact) mass is 237 g/mol. The van der Waals surface area contributed by atoms with Gasteiger partial charge in [-0.15, -0.1) is 0 Å². The molecule has 0 saturated carbocycles. The number of H-pyrrole nitrogens is 1. The Morgan fingerprint density at radius 2 is 2.47 bits per heavy atom. The number of rotatable bonds is 1. The number of nitrogens with one attached hydrogen (secondary N) is 1. The van der Waals surface area contributed by atoms with E-state index in [1.165, 1.54) is 4.90 Å². The largest absolute Gasteiger partial charge is 0.465 e. The summed E-state index contributed by atoms with van der Waals surface area (Å²) in [6.45, 7) is 1.74. The van der Waals surface area contributed by atoms with Crippen molar-refractivity contribution in [3.8, 4) is 0 Å². The fourth-order valence-electron chi connectivity index (χ4n) is 2.54. The van der Waals surface area contributed by atoms with E-state index in [9.17, 15) is 4.79 Å². The molecule has 1 amide bonds. The molecule has 1 aromatic rings. The molecule has 6 heteroatoms. The summed E-state index contributed by atoms with van der Waals surface area (Å²) in [5.41, 5.74) is 2.99. The molecule has 17 heavy (non-hydrogen) atoms. The Morgan fingerprint density at radius 3 is 3.18 bits per heavy atom. The van der Waals surface area contributed by atoms with Gasteiger partial charge in [-0.05, 0) is 12.8 Å². The smallest absolute Gasteiger partial charge is 0.407 e. The van der Waals surface area contributed by atoms with E-state index in [2.05, 4.69) is 10.2 Å². The minimum atomic E-state index is -0.866. The first kappa shape index (κ1) is 10.6. The molecule has 0 bridgehead atoms. The zero-order valence-electron chi connectivity index (χ0n) is 9.48. The van der Waals surface area contributed by atoms with Crippen molar-refractivity contribution in [2.75, 3.05) is 13.2 Å². The molecule has 0 radical (unpaired) electrons. The molecule has 0 spiro atoms. The number of nitrogens with zero attached hydrogens (tertiary/aromatic N) is 2. The third kappa shape index (κ3) is 1.78. The van der Waals surface area contributed by atoms with Crippen molar-refractivity contribution in [3.05, 3.63) is 17.0 Å². The molecular formula is C11H15N3O3. The molecule has 2 aliphatic rings. The number of carboxylic acid groups (broad SMARTS) is 1. The van der Waals surface area contributed by atoms with Crippen LogP contribution in [0.1, 0.15) is 35.9 Å². The lowest BCUT2D eigenvalue weighted by Gasteiger charge is -2.24. The molecule has 0 aliphatic carbocycles. The van der Waals surface area contributed by atoms with Crippen LogP contribution in [0.3, 0.4) is 0 Å². The zero-order valence-corrected chi connectivity index (χ0v) is 9.48. The number of aromatic nitrogens is 2. The summed E-state index contributed by atoms with van der Waals surface area (Å²) in [5.74, 6) is 0. The molecule has 1 aromatic heterocycles. The fourth-order valence-corrected chi connectivity index (χ4v) is 2.54. The van der Waals surface area contributed by atoms with E-state index in [4.69, 9.17) is 9.84 Å². The van der Waals surface area contributed by atoms with Crippen LogP contribution in [-0.4, -0.2) is 39.4 Å². The Hall–Kier alpha value is -1.56. The number of carbonyl (C=O) groups is 1. The average Bonchev–Trinajstić information content (AvgIpc) is 2.96. The van der Waals surface area contributed by atoms with Gasteiger partial charge in [-0.1, -0.05) is 0 Å². The quantitative estimate of drug-likeness (QED) is 0.771. The van der Waals surface area contributed by atoms with Crippen molar-refractivity contribution in [2.45, 2.75) is 31.9 Å². The second-order valence-electron chi connectivity index (χ2n) is 4.52. The summed E-state index contributed by atoms with van der Waals surface area (Å²) in [7, 11) is 0. The van der Waals surface area contributed by atoms with Crippen LogP contribution < -0.4 is 0 Å². The van der Waals surface area contributed by atoms with Crippen LogP contribution in [0.5, 0.6) is 0 Å². The maximum Gasteiger partial charge on any atom is 0.407 e. The molecule has 92 valence electrons. The molecule has 0 aromatic carbocycles. The maximum atomic E-state index is 11.0. The number of hydrogen-bond donors (Lipinski definition) is 2. The van der Waals surface area contributed by atoms with E-state index in [1.807, 2.05) is 0 Å². The lowest BCUT2D eigenvalue weighted by atomic mass is 10.0. The normalized spacial score (nSPS) is 23.8. The van der Waals surface area contributed by atoms with Crippen LogP contribution >= 0.6 is 0 Å². The minimum absolute atomic E-state index is 0.0451. The number of ether oxygens (including phenoxy) is 1. The van der Waals surface area contributed by atoms with Gasteiger partial charge in [-0.3, -0.25) is 5.10 Å². The summed E-state index contributed by atoms with van der Waals surface area (Å²) in [6, 6.07) is 0. The summed E-state index contributed by atoms with van der Waals surface area (Å²) >= 11 is 0. The third-order valence-electron chi connectivity index (χ3n) is 3.47. The van der Waals surface area contributed by atoms with Gasteiger partial charge in [-0.25, -0.2) is 4.79 Å². The Labute approximate surface area is 98.6 Å². The van der Waals surface area contributed by atoms with E-state index in [0.29, 0.717) is 19.5 Å². The maximum absolute atomic E-state index is 11.0. The molecule has 2 N–H and O–H groups in total. The van der Waals surface area contributed by atoms with Gasteiger partial charge in [0, 0.05) is 30.8 Å². The van der Waals surface area contributed by atoms with Gasteiger partial charge in [0.15, 0.2) is 0 Å². The van der Waals surface area contributed by atoms with Crippen molar-refractivity contribution in [2.24, 2.45) is 0 Å². The molecule has 6 nitrogen and oxygen atoms in total. The van der Waals surface area contributed by atoms with Crippen molar-refractivity contribution >= 4 is 6.09 Å². The highest BCUT2D eigenvalue weighted by Crippen LogP contribution is 2.32. The zero-order chi connectivity index (χ0) is 11.8. The highest BCUT2D eigenvalue weighted by Gasteiger charge is 2.30. The number of aromatic amines is 1. The molecule has 1 saturated heterocycles. The SMILES string of the molecule is O=C(O)N1CCc2[nH]nc(C3CCCO3)c2C1. The average molecular weight is 237 g/mol. The summed E-state index contributed by atoms with van der Waals surface area (Å²) in [6.07, 6.45) is 1.92. The second-order valence-corrected chi connectivity index (χ2v) is 4.52. The molecule has 1 unspecified atom stereocenters. The number of amides is 1. The Bertz CT molecular complexity index is 437. The summed E-state index contributed by atoms with van der Waals surface area (Å²) in [4.78, 5) is 12.4. The van der Waals surface area contributed by atoms with Gasteiger partial charge in [0.1, 0.15) is 6.10 Å². The topological polar surface area (TPSA) is 78.5 Å². The predicted molar refractivity (Wildman–Crippen MR) is 58.7 cm³/mol. The van der Waals surface area contributed by atoms with Crippen LogP contribution in [0.25, 0.3) is 0 Å². The molecule has 2 aliphatic heterocycles. The molecule has 1 atom stereocenters. The van der Waals surface area contributed by atoms with E-state index in [-0.39, 0.29) is 6.10 Å². The molecule has 1 fully saturated rings. The Kier molecular flexibility index (Phi) is 2.51. The van der Waals surface area contributed by atoms with Crippen LogP contribution in [0, 0.1) is 0 Å². The Morgan fingerprint density at radius 1 is 1.59 bits per heavy atom. The van der Waals surface area contributed by atoms with Gasteiger partial charge in [0.25, 0.3) is 0 Å².